The van der Waals surface area contributed by atoms with Crippen LogP contribution in [-0.2, 0) is 0 Å². The average Bonchev–Trinajstić information content (AvgIpc) is 3.01. The molecule has 2 aromatic rings. The molecule has 1 atom stereocenters. The van der Waals surface area contributed by atoms with Gasteiger partial charge in [-0.2, -0.15) is 0 Å². The van der Waals surface area contributed by atoms with E-state index in [1.165, 1.54) is 0 Å². The number of Topliss-reactive ketones (excluding diaryl/α,β-unsaturated/α-hetero) is 2. The molecule has 28 heavy (non-hydrogen) atoms. The molecule has 150 valence electrons. The molecule has 1 aliphatic rings. The smallest absolute Gasteiger partial charge is 0.196 e. The first-order valence-electron chi connectivity index (χ1n) is 9.70. The van der Waals surface area contributed by atoms with Crippen molar-refractivity contribution < 1.29 is 14.3 Å². The molecule has 3 rings (SSSR count). The van der Waals surface area contributed by atoms with Crippen molar-refractivity contribution in [1.82, 2.24) is 9.88 Å². The molecule has 0 bridgehead atoms. The summed E-state index contributed by atoms with van der Waals surface area (Å²) in [5, 5.41) is 0. The van der Waals surface area contributed by atoms with Crippen LogP contribution in [-0.4, -0.2) is 60.8 Å². The van der Waals surface area contributed by atoms with Crippen molar-refractivity contribution in [3.63, 3.8) is 0 Å². The minimum absolute atomic E-state index is 0.00939. The van der Waals surface area contributed by atoms with Crippen LogP contribution < -0.4 is 9.64 Å². The molecule has 0 aliphatic carbocycles. The number of rotatable bonds is 6. The highest BCUT2D eigenvalue weighted by Crippen LogP contribution is 2.24. The van der Waals surface area contributed by atoms with E-state index in [-0.39, 0.29) is 17.6 Å². The molecular formula is C22H29N3O3. The number of carbonyl (C=O) groups excluding carboxylic acids is 2. The predicted octanol–water partition coefficient (Wildman–Crippen LogP) is 3.24. The number of anilines is 1. The van der Waals surface area contributed by atoms with E-state index in [1.54, 1.807) is 14.0 Å². The van der Waals surface area contributed by atoms with Gasteiger partial charge in [-0.05, 0) is 45.4 Å². The molecule has 1 N–H and O–H groups in total. The van der Waals surface area contributed by atoms with Gasteiger partial charge in [0.1, 0.15) is 5.75 Å². The van der Waals surface area contributed by atoms with Gasteiger partial charge in [-0.15, -0.1) is 0 Å². The van der Waals surface area contributed by atoms with Crippen LogP contribution in [0.2, 0.25) is 0 Å². The van der Waals surface area contributed by atoms with E-state index >= 15 is 0 Å². The summed E-state index contributed by atoms with van der Waals surface area (Å²) < 4.78 is 5.32. The van der Waals surface area contributed by atoms with Crippen molar-refractivity contribution in [2.45, 2.75) is 33.7 Å². The normalized spacial score (nSPS) is 16.1. The summed E-state index contributed by atoms with van der Waals surface area (Å²) in [7, 11) is 1.67. The molecular weight excluding hydrogens is 354 g/mol. The fraction of sp³-hybridized carbons (Fsp3) is 0.455. The van der Waals surface area contributed by atoms with Crippen LogP contribution in [0.5, 0.6) is 5.75 Å². The lowest BCUT2D eigenvalue weighted by atomic mass is 10.0. The van der Waals surface area contributed by atoms with Crippen molar-refractivity contribution in [2.75, 3.05) is 38.2 Å². The lowest BCUT2D eigenvalue weighted by molar-refractivity contribution is 0.0824. The molecule has 0 spiro atoms. The van der Waals surface area contributed by atoms with Gasteiger partial charge in [0.25, 0.3) is 0 Å². The standard InChI is InChI=1S/C22H29N3O3/c1-14-20(17(4)26)15(2)23-21(14)22(27)16(3)24-9-11-25(12-10-24)18-7-6-8-19(13-18)28-5/h6-8,13,16,23H,9-12H2,1-5H3/t16-/m1/s1. The van der Waals surface area contributed by atoms with Crippen molar-refractivity contribution >= 4 is 17.3 Å². The van der Waals surface area contributed by atoms with E-state index in [1.807, 2.05) is 39.0 Å². The minimum atomic E-state index is -0.232. The Labute approximate surface area is 166 Å². The Hall–Kier alpha value is -2.60. The van der Waals surface area contributed by atoms with Gasteiger partial charge < -0.3 is 14.6 Å². The number of ketones is 2. The second-order valence-corrected chi connectivity index (χ2v) is 7.45. The third-order valence-corrected chi connectivity index (χ3v) is 5.70. The largest absolute Gasteiger partial charge is 0.497 e. The first kappa shape index (κ1) is 20.1. The molecule has 1 aromatic carbocycles. The molecule has 0 radical (unpaired) electrons. The van der Waals surface area contributed by atoms with Gasteiger partial charge in [-0.1, -0.05) is 6.07 Å². The Kier molecular flexibility index (Phi) is 5.89. The van der Waals surface area contributed by atoms with E-state index in [4.69, 9.17) is 4.74 Å². The predicted molar refractivity (Wildman–Crippen MR) is 111 cm³/mol. The van der Waals surface area contributed by atoms with E-state index in [9.17, 15) is 9.59 Å². The monoisotopic (exact) mass is 383 g/mol. The lowest BCUT2D eigenvalue weighted by Crippen LogP contribution is -2.51. The van der Waals surface area contributed by atoms with Crippen molar-refractivity contribution in [3.8, 4) is 5.75 Å². The number of nitrogens with zero attached hydrogens (tertiary/aromatic N) is 2. The van der Waals surface area contributed by atoms with Gasteiger partial charge in [-0.25, -0.2) is 0 Å². The summed E-state index contributed by atoms with van der Waals surface area (Å²) in [5.74, 6) is 0.884. The quantitative estimate of drug-likeness (QED) is 0.776. The number of hydrogen-bond acceptors (Lipinski definition) is 5. The fourth-order valence-corrected chi connectivity index (χ4v) is 4.07. The fourth-order valence-electron chi connectivity index (χ4n) is 4.07. The summed E-state index contributed by atoms with van der Waals surface area (Å²) in [4.78, 5) is 32.6. The van der Waals surface area contributed by atoms with Crippen LogP contribution in [0.25, 0.3) is 0 Å². The number of hydrogen-bond donors (Lipinski definition) is 1. The Bertz CT molecular complexity index is 879. The zero-order valence-corrected chi connectivity index (χ0v) is 17.3. The van der Waals surface area contributed by atoms with Crippen molar-refractivity contribution in [2.24, 2.45) is 0 Å². The summed E-state index contributed by atoms with van der Waals surface area (Å²) in [6.07, 6.45) is 0. The van der Waals surface area contributed by atoms with Gasteiger partial charge in [-0.3, -0.25) is 14.5 Å². The summed E-state index contributed by atoms with van der Waals surface area (Å²) in [5.41, 5.74) is 3.86. The van der Waals surface area contributed by atoms with Crippen LogP contribution in [0.3, 0.4) is 0 Å². The van der Waals surface area contributed by atoms with Crippen LogP contribution in [0, 0.1) is 13.8 Å². The highest BCUT2D eigenvalue weighted by molar-refractivity contribution is 6.05. The highest BCUT2D eigenvalue weighted by atomic mass is 16.5. The zero-order chi connectivity index (χ0) is 20.4. The molecule has 1 aromatic heterocycles. The maximum absolute atomic E-state index is 13.1. The van der Waals surface area contributed by atoms with Gasteiger partial charge >= 0.3 is 0 Å². The highest BCUT2D eigenvalue weighted by Gasteiger charge is 2.29. The van der Waals surface area contributed by atoms with Crippen LogP contribution in [0.15, 0.2) is 24.3 Å². The maximum Gasteiger partial charge on any atom is 0.196 e. The van der Waals surface area contributed by atoms with Crippen LogP contribution >= 0.6 is 0 Å². The Morgan fingerprint density at radius 1 is 1.14 bits per heavy atom. The van der Waals surface area contributed by atoms with Crippen molar-refractivity contribution in [1.29, 1.82) is 0 Å². The molecule has 6 heteroatoms. The number of ether oxygens (including phenoxy) is 1. The lowest BCUT2D eigenvalue weighted by Gasteiger charge is -2.38. The number of carbonyl (C=O) groups is 2. The van der Waals surface area contributed by atoms with E-state index < -0.39 is 0 Å². The average molecular weight is 383 g/mol. The Morgan fingerprint density at radius 2 is 1.82 bits per heavy atom. The molecule has 0 amide bonds. The summed E-state index contributed by atoms with van der Waals surface area (Å²) >= 11 is 0. The van der Waals surface area contributed by atoms with E-state index in [0.29, 0.717) is 11.3 Å². The molecule has 2 heterocycles. The van der Waals surface area contributed by atoms with Crippen molar-refractivity contribution in [3.05, 3.63) is 46.8 Å². The first-order chi connectivity index (χ1) is 13.3. The molecule has 1 fully saturated rings. The summed E-state index contributed by atoms with van der Waals surface area (Å²) in [6.45, 7) is 10.5. The van der Waals surface area contributed by atoms with Crippen LogP contribution in [0.4, 0.5) is 5.69 Å². The van der Waals surface area contributed by atoms with E-state index in [2.05, 4.69) is 20.9 Å². The van der Waals surface area contributed by atoms with Gasteiger partial charge in [0.2, 0.25) is 0 Å². The molecule has 0 unspecified atom stereocenters. The zero-order valence-electron chi connectivity index (χ0n) is 17.3. The number of methoxy groups -OCH3 is 1. The summed E-state index contributed by atoms with van der Waals surface area (Å²) in [6, 6.07) is 7.83. The third kappa shape index (κ3) is 3.83. The topological polar surface area (TPSA) is 65.6 Å². The second-order valence-electron chi connectivity index (χ2n) is 7.45. The van der Waals surface area contributed by atoms with Crippen LogP contribution in [0.1, 0.15) is 46.0 Å². The Balaban J connectivity index is 1.68. The number of aryl methyl sites for hydroxylation is 1. The van der Waals surface area contributed by atoms with Gasteiger partial charge in [0, 0.05) is 49.2 Å². The van der Waals surface area contributed by atoms with Gasteiger partial charge in [0.15, 0.2) is 11.6 Å². The number of aromatic nitrogens is 1. The first-order valence-corrected chi connectivity index (χ1v) is 9.70. The van der Waals surface area contributed by atoms with E-state index in [0.717, 1.165) is 48.9 Å². The second kappa shape index (κ2) is 8.19. The number of benzene rings is 1. The minimum Gasteiger partial charge on any atom is -0.497 e. The molecule has 1 saturated heterocycles. The number of piperazine rings is 1. The Morgan fingerprint density at radius 3 is 2.39 bits per heavy atom. The SMILES string of the molecule is COc1cccc(N2CCN([C@H](C)C(=O)c3[nH]c(C)c(C(C)=O)c3C)CC2)c1. The maximum atomic E-state index is 13.1. The molecule has 0 saturated carbocycles. The third-order valence-electron chi connectivity index (χ3n) is 5.70. The number of H-pyrrole nitrogens is 1. The molecule has 6 nitrogen and oxygen atoms in total. The number of nitrogens with one attached hydrogen (secondary N) is 1. The number of aromatic amines is 1. The molecule has 1 aliphatic heterocycles. The van der Waals surface area contributed by atoms with Gasteiger partial charge in [0.05, 0.1) is 18.8 Å².